The molecule has 0 saturated heterocycles. The number of guanidine groups is 1. The molecule has 4 atom stereocenters. The van der Waals surface area contributed by atoms with Crippen molar-refractivity contribution in [2.75, 3.05) is 12.3 Å². The van der Waals surface area contributed by atoms with Gasteiger partial charge in [-0.05, 0) is 24.3 Å². The third kappa shape index (κ3) is 11.0. The second kappa shape index (κ2) is 15.6. The van der Waals surface area contributed by atoms with Crippen molar-refractivity contribution in [2.45, 2.75) is 57.3 Å². The number of aliphatic carboxylic acids is 1. The average Bonchev–Trinajstić information content (AvgIpc) is 2.83. The van der Waals surface area contributed by atoms with Crippen LogP contribution in [0.4, 0.5) is 0 Å². The van der Waals surface area contributed by atoms with Crippen molar-refractivity contribution >= 4 is 42.3 Å². The maximum absolute atomic E-state index is 13.1. The summed E-state index contributed by atoms with van der Waals surface area (Å²) in [6.45, 7) is 3.65. The third-order valence-electron chi connectivity index (χ3n) is 5.26. The number of aliphatic imine (C=N–C) groups is 1. The molecule has 0 aliphatic carbocycles. The molecule has 0 saturated carbocycles. The summed E-state index contributed by atoms with van der Waals surface area (Å²) < 4.78 is 0. The first-order chi connectivity index (χ1) is 17.0. The summed E-state index contributed by atoms with van der Waals surface area (Å²) in [5, 5.41) is 17.3. The van der Waals surface area contributed by atoms with E-state index in [-0.39, 0.29) is 37.0 Å². The van der Waals surface area contributed by atoms with Gasteiger partial charge in [0.1, 0.15) is 18.1 Å². The highest BCUT2D eigenvalue weighted by molar-refractivity contribution is 7.80. The zero-order valence-electron chi connectivity index (χ0n) is 20.5. The first-order valence-corrected chi connectivity index (χ1v) is 12.2. The molecular formula is C23H37N7O5S. The minimum Gasteiger partial charge on any atom is -0.480 e. The maximum atomic E-state index is 13.1. The Hall–Kier alpha value is -3.32. The molecule has 36 heavy (non-hydrogen) atoms. The standard InChI is InChI=1S/C23H37N7O5S/c1-13(2)18(21(33)29-17(22(34)35)11-14-7-4-3-5-8-14)30-20(32)16(9-6-10-27-23(25)26)28-19(31)15(24)12-36/h3-5,7-8,13,15-18,36H,6,9-12,24H2,1-2H3,(H,28,31)(H,29,33)(H,30,32)(H,34,35)(H4,25,26,27). The van der Waals surface area contributed by atoms with E-state index >= 15 is 0 Å². The number of nitrogens with zero attached hydrogens (tertiary/aromatic N) is 1. The number of hydrogen-bond acceptors (Lipinski definition) is 7. The number of thiol groups is 1. The van der Waals surface area contributed by atoms with Gasteiger partial charge in [-0.3, -0.25) is 19.4 Å². The number of nitrogens with one attached hydrogen (secondary N) is 3. The lowest BCUT2D eigenvalue weighted by molar-refractivity contribution is -0.142. The molecule has 12 nitrogen and oxygen atoms in total. The van der Waals surface area contributed by atoms with Crippen molar-refractivity contribution in [1.82, 2.24) is 16.0 Å². The molecule has 0 bridgehead atoms. The van der Waals surface area contributed by atoms with Crippen LogP contribution in [0.25, 0.3) is 0 Å². The highest BCUT2D eigenvalue weighted by Crippen LogP contribution is 2.08. The largest absolute Gasteiger partial charge is 0.480 e. The monoisotopic (exact) mass is 523 g/mol. The highest BCUT2D eigenvalue weighted by atomic mass is 32.1. The smallest absolute Gasteiger partial charge is 0.326 e. The average molecular weight is 524 g/mol. The fraction of sp³-hybridized carbons (Fsp3) is 0.522. The summed E-state index contributed by atoms with van der Waals surface area (Å²) in [5.41, 5.74) is 17.1. The van der Waals surface area contributed by atoms with Crippen LogP contribution in [0.1, 0.15) is 32.3 Å². The van der Waals surface area contributed by atoms with Crippen LogP contribution in [-0.2, 0) is 25.6 Å². The molecule has 0 aliphatic heterocycles. The molecule has 1 rings (SSSR count). The van der Waals surface area contributed by atoms with Crippen LogP contribution >= 0.6 is 12.6 Å². The van der Waals surface area contributed by atoms with Crippen molar-refractivity contribution in [2.24, 2.45) is 28.1 Å². The number of carbonyl (C=O) groups is 4. The fourth-order valence-corrected chi connectivity index (χ4v) is 3.40. The van der Waals surface area contributed by atoms with Gasteiger partial charge in [0.2, 0.25) is 17.7 Å². The van der Waals surface area contributed by atoms with Crippen LogP contribution in [0.15, 0.2) is 35.3 Å². The van der Waals surface area contributed by atoms with E-state index in [1.807, 2.05) is 0 Å². The SMILES string of the molecule is CC(C)C(NC(=O)C(CCCN=C(N)N)NC(=O)C(N)CS)C(=O)NC(Cc1ccccc1)C(=O)O. The topological polar surface area (TPSA) is 215 Å². The first kappa shape index (κ1) is 30.7. The number of amides is 3. The normalized spacial score (nSPS) is 14.1. The van der Waals surface area contributed by atoms with E-state index in [9.17, 15) is 24.3 Å². The molecule has 1 aromatic carbocycles. The van der Waals surface area contributed by atoms with Crippen molar-refractivity contribution in [3.8, 4) is 0 Å². The van der Waals surface area contributed by atoms with Crippen molar-refractivity contribution in [1.29, 1.82) is 0 Å². The molecular weight excluding hydrogens is 486 g/mol. The Bertz CT molecular complexity index is 909. The Morgan fingerprint density at radius 3 is 2.11 bits per heavy atom. The number of hydrogen-bond donors (Lipinski definition) is 8. The predicted molar refractivity (Wildman–Crippen MR) is 140 cm³/mol. The van der Waals surface area contributed by atoms with Crippen LogP contribution < -0.4 is 33.2 Å². The van der Waals surface area contributed by atoms with Gasteiger partial charge in [0.05, 0.1) is 6.04 Å². The van der Waals surface area contributed by atoms with Gasteiger partial charge in [-0.15, -0.1) is 0 Å². The van der Waals surface area contributed by atoms with E-state index < -0.39 is 47.9 Å². The fourth-order valence-electron chi connectivity index (χ4n) is 3.23. The van der Waals surface area contributed by atoms with E-state index in [0.29, 0.717) is 6.42 Å². The van der Waals surface area contributed by atoms with Crippen molar-refractivity contribution < 1.29 is 24.3 Å². The molecule has 3 amide bonds. The van der Waals surface area contributed by atoms with E-state index in [0.717, 1.165) is 5.56 Å². The lowest BCUT2D eigenvalue weighted by atomic mass is 10.0. The molecule has 200 valence electrons. The Morgan fingerprint density at radius 1 is 0.972 bits per heavy atom. The summed E-state index contributed by atoms with van der Waals surface area (Å²) in [6, 6.07) is 4.67. The first-order valence-electron chi connectivity index (χ1n) is 11.6. The van der Waals surface area contributed by atoms with Gasteiger partial charge in [-0.1, -0.05) is 44.2 Å². The molecule has 1 aromatic rings. The predicted octanol–water partition coefficient (Wildman–Crippen LogP) is -1.27. The van der Waals surface area contributed by atoms with Gasteiger partial charge >= 0.3 is 5.97 Å². The minimum absolute atomic E-state index is 0.0726. The number of rotatable bonds is 15. The maximum Gasteiger partial charge on any atom is 0.326 e. The zero-order valence-corrected chi connectivity index (χ0v) is 21.4. The van der Waals surface area contributed by atoms with E-state index in [4.69, 9.17) is 17.2 Å². The number of carboxylic acids is 1. The number of carbonyl (C=O) groups excluding carboxylic acids is 3. The molecule has 10 N–H and O–H groups in total. The van der Waals surface area contributed by atoms with Gasteiger partial charge in [-0.25, -0.2) is 4.79 Å². The summed E-state index contributed by atoms with van der Waals surface area (Å²) in [4.78, 5) is 54.0. The minimum atomic E-state index is -1.20. The molecule has 0 aliphatic rings. The molecule has 0 aromatic heterocycles. The van der Waals surface area contributed by atoms with Crippen LogP contribution in [0.5, 0.6) is 0 Å². The van der Waals surface area contributed by atoms with Crippen molar-refractivity contribution in [3.63, 3.8) is 0 Å². The van der Waals surface area contributed by atoms with Gasteiger partial charge in [0.25, 0.3) is 0 Å². The second-order valence-electron chi connectivity index (χ2n) is 8.62. The van der Waals surface area contributed by atoms with Crippen LogP contribution in [0.3, 0.4) is 0 Å². The lowest BCUT2D eigenvalue weighted by Crippen LogP contribution is -2.58. The van der Waals surface area contributed by atoms with Crippen LogP contribution in [0, 0.1) is 5.92 Å². The Balaban J connectivity index is 2.96. The summed E-state index contributed by atoms with van der Waals surface area (Å²) >= 11 is 4.00. The Labute approximate surface area is 216 Å². The number of carboxylic acid groups (broad SMARTS) is 1. The molecule has 4 unspecified atom stereocenters. The van der Waals surface area contributed by atoms with Crippen LogP contribution in [-0.4, -0.2) is 71.2 Å². The summed E-state index contributed by atoms with van der Waals surface area (Å²) in [6.07, 6.45) is 0.612. The number of nitrogens with two attached hydrogens (primary N) is 3. The highest BCUT2D eigenvalue weighted by Gasteiger charge is 2.31. The quantitative estimate of drug-likeness (QED) is 0.0599. The lowest BCUT2D eigenvalue weighted by Gasteiger charge is -2.27. The summed E-state index contributed by atoms with van der Waals surface area (Å²) in [7, 11) is 0. The molecule has 0 spiro atoms. The number of benzene rings is 1. The van der Waals surface area contributed by atoms with E-state index in [2.05, 4.69) is 33.6 Å². The molecule has 0 heterocycles. The molecule has 13 heteroatoms. The summed E-state index contributed by atoms with van der Waals surface area (Å²) in [5.74, 6) is -3.46. The second-order valence-corrected chi connectivity index (χ2v) is 8.98. The molecule has 0 radical (unpaired) electrons. The molecule has 0 fully saturated rings. The Morgan fingerprint density at radius 2 is 1.58 bits per heavy atom. The third-order valence-corrected chi connectivity index (χ3v) is 5.65. The Kier molecular flexibility index (Phi) is 13.3. The zero-order chi connectivity index (χ0) is 27.3. The van der Waals surface area contributed by atoms with Gasteiger partial charge < -0.3 is 38.3 Å². The van der Waals surface area contributed by atoms with E-state index in [1.54, 1.807) is 44.2 Å². The van der Waals surface area contributed by atoms with Gasteiger partial charge in [-0.2, -0.15) is 12.6 Å². The van der Waals surface area contributed by atoms with Crippen LogP contribution in [0.2, 0.25) is 0 Å². The van der Waals surface area contributed by atoms with Crippen molar-refractivity contribution in [3.05, 3.63) is 35.9 Å². The van der Waals surface area contributed by atoms with E-state index in [1.165, 1.54) is 0 Å². The van der Waals surface area contributed by atoms with Gasteiger partial charge in [0.15, 0.2) is 5.96 Å². The van der Waals surface area contributed by atoms with Gasteiger partial charge in [0, 0.05) is 18.7 Å².